The summed E-state index contributed by atoms with van der Waals surface area (Å²) in [7, 11) is 1.80. The number of carbonyl (C=O) groups excluding carboxylic acids is 1. The fourth-order valence-corrected chi connectivity index (χ4v) is 4.09. The number of rotatable bonds is 4. The molecule has 0 radical (unpaired) electrons. The maximum Gasteiger partial charge on any atom is 0.138 e. The molecule has 2 nitrogen and oxygen atoms in total. The van der Waals surface area contributed by atoms with Crippen LogP contribution in [0.25, 0.3) is 0 Å². The summed E-state index contributed by atoms with van der Waals surface area (Å²) in [6, 6.07) is 0. The number of ketones is 1. The molecule has 0 aromatic heterocycles. The molecule has 114 valence electrons. The van der Waals surface area contributed by atoms with Gasteiger partial charge in [0.05, 0.1) is 12.9 Å². The Morgan fingerprint density at radius 1 is 1.30 bits per heavy atom. The van der Waals surface area contributed by atoms with E-state index in [0.717, 1.165) is 32.1 Å². The molecule has 2 aliphatic rings. The first-order chi connectivity index (χ1) is 9.40. The first kappa shape index (κ1) is 15.6. The van der Waals surface area contributed by atoms with Crippen LogP contribution in [-0.2, 0) is 9.53 Å². The van der Waals surface area contributed by atoms with Gasteiger partial charge in [0, 0.05) is 17.3 Å². The molecular formula is C18H30O2. The van der Waals surface area contributed by atoms with Crippen molar-refractivity contribution in [3.8, 4) is 0 Å². The van der Waals surface area contributed by atoms with Gasteiger partial charge in [-0.2, -0.15) is 0 Å². The lowest BCUT2D eigenvalue weighted by atomic mass is 9.64. The van der Waals surface area contributed by atoms with E-state index in [9.17, 15) is 4.79 Å². The predicted molar refractivity (Wildman–Crippen MR) is 82.4 cm³/mol. The molecule has 2 atom stereocenters. The van der Waals surface area contributed by atoms with Crippen LogP contribution in [0.1, 0.15) is 72.1 Å². The van der Waals surface area contributed by atoms with Gasteiger partial charge in [0.2, 0.25) is 0 Å². The lowest BCUT2D eigenvalue weighted by molar-refractivity contribution is -0.133. The SMILES string of the molecule is COC1=CCCC[C@]1(C)CC[C@@H]1CCCC(=O)C1(C)C. The van der Waals surface area contributed by atoms with Crippen LogP contribution in [0.4, 0.5) is 0 Å². The van der Waals surface area contributed by atoms with E-state index in [0.29, 0.717) is 11.7 Å². The second-order valence-electron chi connectivity index (χ2n) is 7.50. The van der Waals surface area contributed by atoms with Gasteiger partial charge >= 0.3 is 0 Å². The van der Waals surface area contributed by atoms with Crippen molar-refractivity contribution in [1.82, 2.24) is 0 Å². The zero-order valence-corrected chi connectivity index (χ0v) is 13.6. The van der Waals surface area contributed by atoms with Gasteiger partial charge in [0.15, 0.2) is 0 Å². The van der Waals surface area contributed by atoms with E-state index in [1.165, 1.54) is 25.0 Å². The fraction of sp³-hybridized carbons (Fsp3) is 0.833. The quantitative estimate of drug-likeness (QED) is 0.732. The van der Waals surface area contributed by atoms with Crippen LogP contribution in [-0.4, -0.2) is 12.9 Å². The Balaban J connectivity index is 2.02. The number of allylic oxidation sites excluding steroid dienone is 2. The monoisotopic (exact) mass is 278 g/mol. The minimum absolute atomic E-state index is 0.125. The Bertz CT molecular complexity index is 394. The van der Waals surface area contributed by atoms with Gasteiger partial charge in [-0.1, -0.05) is 20.8 Å². The summed E-state index contributed by atoms with van der Waals surface area (Å²) in [5.41, 5.74) is 0.0593. The minimum Gasteiger partial charge on any atom is -0.501 e. The van der Waals surface area contributed by atoms with Crippen molar-refractivity contribution in [2.24, 2.45) is 16.7 Å². The third-order valence-corrected chi connectivity index (χ3v) is 5.82. The van der Waals surface area contributed by atoms with Crippen molar-refractivity contribution >= 4 is 5.78 Å². The molecule has 0 bridgehead atoms. The van der Waals surface area contributed by atoms with E-state index in [1.54, 1.807) is 7.11 Å². The van der Waals surface area contributed by atoms with Crippen LogP contribution in [0.5, 0.6) is 0 Å². The molecule has 0 N–H and O–H groups in total. The van der Waals surface area contributed by atoms with Gasteiger partial charge < -0.3 is 4.74 Å². The molecule has 20 heavy (non-hydrogen) atoms. The van der Waals surface area contributed by atoms with E-state index in [2.05, 4.69) is 26.8 Å². The summed E-state index contributed by atoms with van der Waals surface area (Å²) in [4.78, 5) is 12.1. The van der Waals surface area contributed by atoms with E-state index in [1.807, 2.05) is 0 Å². The highest BCUT2D eigenvalue weighted by Crippen LogP contribution is 2.46. The molecule has 1 saturated carbocycles. The zero-order chi connectivity index (χ0) is 14.8. The molecule has 0 aliphatic heterocycles. The van der Waals surface area contributed by atoms with Crippen molar-refractivity contribution in [2.45, 2.75) is 72.1 Å². The molecule has 2 aliphatic carbocycles. The van der Waals surface area contributed by atoms with E-state index >= 15 is 0 Å². The standard InChI is InChI=1S/C18H30O2/c1-17(2)14(8-7-9-15(17)19)11-13-18(3)12-6-5-10-16(18)20-4/h10,14H,5-9,11-13H2,1-4H3/t14-,18+/m0/s1. The first-order valence-corrected chi connectivity index (χ1v) is 8.18. The van der Waals surface area contributed by atoms with Gasteiger partial charge in [0.1, 0.15) is 5.78 Å². The van der Waals surface area contributed by atoms with Gasteiger partial charge in [-0.15, -0.1) is 0 Å². The van der Waals surface area contributed by atoms with Crippen molar-refractivity contribution in [3.05, 3.63) is 11.8 Å². The lowest BCUT2D eigenvalue weighted by Gasteiger charge is -2.40. The fourth-order valence-electron chi connectivity index (χ4n) is 4.09. The Morgan fingerprint density at radius 2 is 2.05 bits per heavy atom. The van der Waals surface area contributed by atoms with Gasteiger partial charge in [-0.3, -0.25) is 4.79 Å². The number of methoxy groups -OCH3 is 1. The topological polar surface area (TPSA) is 26.3 Å². The summed E-state index contributed by atoms with van der Waals surface area (Å²) < 4.78 is 5.61. The molecule has 2 rings (SSSR count). The summed E-state index contributed by atoms with van der Waals surface area (Å²) in [5.74, 6) is 2.18. The van der Waals surface area contributed by atoms with E-state index < -0.39 is 0 Å². The molecule has 0 saturated heterocycles. The van der Waals surface area contributed by atoms with Gasteiger partial charge in [0.25, 0.3) is 0 Å². The summed E-state index contributed by atoms with van der Waals surface area (Å²) in [6.07, 6.45) is 11.3. The van der Waals surface area contributed by atoms with Crippen LogP contribution < -0.4 is 0 Å². The van der Waals surface area contributed by atoms with Crippen molar-refractivity contribution < 1.29 is 9.53 Å². The lowest BCUT2D eigenvalue weighted by Crippen LogP contribution is -2.37. The highest BCUT2D eigenvalue weighted by Gasteiger charge is 2.41. The van der Waals surface area contributed by atoms with Crippen molar-refractivity contribution in [3.63, 3.8) is 0 Å². The summed E-state index contributed by atoms with van der Waals surface area (Å²) >= 11 is 0. The first-order valence-electron chi connectivity index (χ1n) is 8.18. The smallest absolute Gasteiger partial charge is 0.138 e. The second kappa shape index (κ2) is 5.91. The largest absolute Gasteiger partial charge is 0.501 e. The molecule has 0 amide bonds. The minimum atomic E-state index is -0.125. The normalized spacial score (nSPS) is 33.7. The third-order valence-electron chi connectivity index (χ3n) is 5.82. The maximum atomic E-state index is 12.1. The molecule has 2 heteroatoms. The van der Waals surface area contributed by atoms with Gasteiger partial charge in [-0.05, 0) is 56.9 Å². The van der Waals surface area contributed by atoms with Crippen molar-refractivity contribution in [1.29, 1.82) is 0 Å². The highest BCUT2D eigenvalue weighted by atomic mass is 16.5. The molecule has 1 fully saturated rings. The zero-order valence-electron chi connectivity index (χ0n) is 13.6. The summed E-state index contributed by atoms with van der Waals surface area (Å²) in [5, 5.41) is 0. The molecule has 0 unspecified atom stereocenters. The summed E-state index contributed by atoms with van der Waals surface area (Å²) in [6.45, 7) is 6.63. The maximum absolute atomic E-state index is 12.1. The van der Waals surface area contributed by atoms with Crippen LogP contribution in [0.3, 0.4) is 0 Å². The Morgan fingerprint density at radius 3 is 2.75 bits per heavy atom. The number of carbonyl (C=O) groups is 1. The van der Waals surface area contributed by atoms with Gasteiger partial charge in [-0.25, -0.2) is 0 Å². The average Bonchev–Trinajstić information content (AvgIpc) is 2.41. The van der Waals surface area contributed by atoms with Crippen LogP contribution >= 0.6 is 0 Å². The highest BCUT2D eigenvalue weighted by molar-refractivity contribution is 5.85. The molecule has 0 heterocycles. The van der Waals surface area contributed by atoms with E-state index in [-0.39, 0.29) is 10.8 Å². The molecule has 0 aromatic carbocycles. The Labute approximate surface area is 124 Å². The van der Waals surface area contributed by atoms with Crippen molar-refractivity contribution in [2.75, 3.05) is 7.11 Å². The average molecular weight is 278 g/mol. The third kappa shape index (κ3) is 2.94. The molecule has 0 aromatic rings. The van der Waals surface area contributed by atoms with Crippen LogP contribution in [0, 0.1) is 16.7 Å². The molecule has 0 spiro atoms. The number of hydrogen-bond donors (Lipinski definition) is 0. The Hall–Kier alpha value is -0.790. The second-order valence-corrected chi connectivity index (χ2v) is 7.50. The number of hydrogen-bond acceptors (Lipinski definition) is 2. The van der Waals surface area contributed by atoms with E-state index in [4.69, 9.17) is 4.74 Å². The van der Waals surface area contributed by atoms with Crippen LogP contribution in [0.15, 0.2) is 11.8 Å². The number of ether oxygens (including phenoxy) is 1. The molecular weight excluding hydrogens is 248 g/mol. The van der Waals surface area contributed by atoms with Crippen LogP contribution in [0.2, 0.25) is 0 Å². The predicted octanol–water partition coefficient (Wildman–Crippen LogP) is 4.88. The Kier molecular flexibility index (Phi) is 4.61. The number of Topliss-reactive ketones (excluding diaryl/α,β-unsaturated/α-hetero) is 1.